The van der Waals surface area contributed by atoms with E-state index in [1.807, 2.05) is 31.2 Å². The summed E-state index contributed by atoms with van der Waals surface area (Å²) in [5.41, 5.74) is 2.23. The fourth-order valence-electron chi connectivity index (χ4n) is 2.29. The number of thiophene rings is 1. The monoisotopic (exact) mass is 403 g/mol. The zero-order chi connectivity index (χ0) is 19.2. The van der Waals surface area contributed by atoms with Gasteiger partial charge in [-0.25, -0.2) is 4.79 Å². The van der Waals surface area contributed by atoms with E-state index in [1.54, 1.807) is 23.1 Å². The molecule has 3 aromatic rings. The first-order chi connectivity index (χ1) is 13.1. The first kappa shape index (κ1) is 19.1. The molecule has 1 aromatic carbocycles. The van der Waals surface area contributed by atoms with Gasteiger partial charge in [0.1, 0.15) is 5.00 Å². The Labute approximate surface area is 163 Å². The predicted octanol–water partition coefficient (Wildman–Crippen LogP) is 2.94. The lowest BCUT2D eigenvalue weighted by molar-refractivity contribution is -0.113. The highest BCUT2D eigenvalue weighted by Crippen LogP contribution is 2.25. The molecule has 0 saturated heterocycles. The van der Waals surface area contributed by atoms with Crippen molar-refractivity contribution in [2.45, 2.75) is 19.0 Å². The highest BCUT2D eigenvalue weighted by atomic mass is 32.2. The summed E-state index contributed by atoms with van der Waals surface area (Å²) < 4.78 is 6.58. The van der Waals surface area contributed by atoms with Crippen molar-refractivity contribution in [3.05, 3.63) is 46.8 Å². The van der Waals surface area contributed by atoms with Crippen molar-refractivity contribution >= 4 is 40.0 Å². The van der Waals surface area contributed by atoms with Gasteiger partial charge in [-0.05, 0) is 47.4 Å². The van der Waals surface area contributed by atoms with Crippen LogP contribution in [0.15, 0.2) is 40.9 Å². The van der Waals surface area contributed by atoms with E-state index < -0.39 is 5.97 Å². The largest absolute Gasteiger partial charge is 0.462 e. The van der Waals surface area contributed by atoms with Crippen molar-refractivity contribution in [1.29, 1.82) is 0 Å². The number of hydrogen-bond donors (Lipinski definition) is 1. The normalized spacial score (nSPS) is 10.6. The topological polar surface area (TPSA) is 99.0 Å². The van der Waals surface area contributed by atoms with E-state index in [0.717, 1.165) is 11.3 Å². The molecule has 0 aliphatic heterocycles. The number of anilines is 1. The number of benzene rings is 1. The van der Waals surface area contributed by atoms with Gasteiger partial charge >= 0.3 is 5.97 Å². The first-order valence-electron chi connectivity index (χ1n) is 8.11. The Balaban J connectivity index is 1.65. The highest BCUT2D eigenvalue weighted by molar-refractivity contribution is 7.99. The van der Waals surface area contributed by atoms with Crippen LogP contribution in [0.3, 0.4) is 0 Å². The fraction of sp³-hybridized carbons (Fsp3) is 0.235. The summed E-state index contributed by atoms with van der Waals surface area (Å²) in [6.45, 7) is 3.98. The number of nitrogens with one attached hydrogen (secondary N) is 1. The second-order valence-corrected chi connectivity index (χ2v) is 7.24. The van der Waals surface area contributed by atoms with E-state index in [0.29, 0.717) is 15.7 Å². The lowest BCUT2D eigenvalue weighted by Crippen LogP contribution is -2.16. The standard InChI is InChI=1S/C17H17N5O3S2/c1-3-25-16(24)12-8-9-26-15(12)18-14(23)10-27-17-19-20-21-22(17)13-7-5-4-6-11(13)2/h4-9H,3,10H2,1-2H3,(H,18,23). The second kappa shape index (κ2) is 8.78. The van der Waals surface area contributed by atoms with E-state index in [1.165, 1.54) is 23.1 Å². The van der Waals surface area contributed by atoms with Crippen LogP contribution in [0.2, 0.25) is 0 Å². The number of para-hydroxylation sites is 1. The minimum atomic E-state index is -0.454. The molecule has 1 amide bonds. The van der Waals surface area contributed by atoms with Crippen LogP contribution in [0.1, 0.15) is 22.8 Å². The van der Waals surface area contributed by atoms with Gasteiger partial charge in [0, 0.05) is 0 Å². The minimum absolute atomic E-state index is 0.104. The Morgan fingerprint density at radius 1 is 1.30 bits per heavy atom. The summed E-state index contributed by atoms with van der Waals surface area (Å²) in [4.78, 5) is 24.2. The van der Waals surface area contributed by atoms with Crippen molar-refractivity contribution in [2.24, 2.45) is 0 Å². The Hall–Kier alpha value is -2.72. The van der Waals surface area contributed by atoms with Crippen LogP contribution in [0, 0.1) is 6.92 Å². The first-order valence-corrected chi connectivity index (χ1v) is 9.98. The summed E-state index contributed by atoms with van der Waals surface area (Å²) in [5.74, 6) is -0.607. The maximum atomic E-state index is 12.3. The molecule has 0 fully saturated rings. The highest BCUT2D eigenvalue weighted by Gasteiger charge is 2.17. The van der Waals surface area contributed by atoms with Crippen molar-refractivity contribution < 1.29 is 14.3 Å². The van der Waals surface area contributed by atoms with Crippen LogP contribution in [-0.2, 0) is 9.53 Å². The van der Waals surface area contributed by atoms with Gasteiger partial charge in [0.25, 0.3) is 0 Å². The summed E-state index contributed by atoms with van der Waals surface area (Å²) in [5, 5.41) is 17.1. The van der Waals surface area contributed by atoms with Crippen LogP contribution in [0.25, 0.3) is 5.69 Å². The molecule has 0 radical (unpaired) electrons. The Morgan fingerprint density at radius 2 is 2.11 bits per heavy atom. The number of tetrazole rings is 1. The molecule has 0 spiro atoms. The molecule has 0 saturated carbocycles. The number of carbonyl (C=O) groups excluding carboxylic acids is 2. The number of rotatable bonds is 7. The summed E-state index contributed by atoms with van der Waals surface area (Å²) in [7, 11) is 0. The third-order valence-electron chi connectivity index (χ3n) is 3.53. The van der Waals surface area contributed by atoms with Gasteiger partial charge in [0.2, 0.25) is 11.1 Å². The predicted molar refractivity (Wildman–Crippen MR) is 104 cm³/mol. The van der Waals surface area contributed by atoms with E-state index in [4.69, 9.17) is 4.74 Å². The molecule has 0 aliphatic rings. The number of aryl methyl sites for hydroxylation is 1. The SMILES string of the molecule is CCOC(=O)c1ccsc1NC(=O)CSc1nnnn1-c1ccccc1C. The number of esters is 1. The van der Waals surface area contributed by atoms with E-state index in [-0.39, 0.29) is 18.3 Å². The van der Waals surface area contributed by atoms with Gasteiger partial charge in [-0.2, -0.15) is 4.68 Å². The number of hydrogen-bond acceptors (Lipinski definition) is 8. The molecule has 0 bridgehead atoms. The van der Waals surface area contributed by atoms with Crippen molar-refractivity contribution in [3.63, 3.8) is 0 Å². The number of nitrogens with zero attached hydrogens (tertiary/aromatic N) is 4. The number of amides is 1. The molecule has 0 unspecified atom stereocenters. The number of carbonyl (C=O) groups is 2. The van der Waals surface area contributed by atoms with Gasteiger partial charge in [0.05, 0.1) is 23.6 Å². The molecule has 27 heavy (non-hydrogen) atoms. The molecule has 2 aromatic heterocycles. The van der Waals surface area contributed by atoms with Gasteiger partial charge < -0.3 is 10.1 Å². The molecule has 140 valence electrons. The molecule has 0 aliphatic carbocycles. The number of ether oxygens (including phenoxy) is 1. The van der Waals surface area contributed by atoms with Crippen LogP contribution in [0.5, 0.6) is 0 Å². The molecule has 10 heteroatoms. The summed E-state index contributed by atoms with van der Waals surface area (Å²) in [6, 6.07) is 9.34. The molecular formula is C17H17N5O3S2. The molecule has 1 N–H and O–H groups in total. The van der Waals surface area contributed by atoms with Crippen LogP contribution in [0.4, 0.5) is 5.00 Å². The van der Waals surface area contributed by atoms with Crippen LogP contribution < -0.4 is 5.32 Å². The number of aromatic nitrogens is 4. The smallest absolute Gasteiger partial charge is 0.341 e. The van der Waals surface area contributed by atoms with Gasteiger partial charge in [-0.15, -0.1) is 16.4 Å². The van der Waals surface area contributed by atoms with E-state index in [2.05, 4.69) is 20.8 Å². The van der Waals surface area contributed by atoms with Gasteiger partial charge in [-0.1, -0.05) is 30.0 Å². The van der Waals surface area contributed by atoms with E-state index in [9.17, 15) is 9.59 Å². The summed E-state index contributed by atoms with van der Waals surface area (Å²) >= 11 is 2.48. The zero-order valence-corrected chi connectivity index (χ0v) is 16.3. The second-order valence-electron chi connectivity index (χ2n) is 5.38. The Kier molecular flexibility index (Phi) is 6.20. The fourth-order valence-corrected chi connectivity index (χ4v) is 3.76. The average Bonchev–Trinajstić information content (AvgIpc) is 3.30. The Bertz CT molecular complexity index is 953. The van der Waals surface area contributed by atoms with Crippen LogP contribution in [-0.4, -0.2) is 44.4 Å². The molecule has 3 rings (SSSR count). The zero-order valence-electron chi connectivity index (χ0n) is 14.7. The van der Waals surface area contributed by atoms with Crippen molar-refractivity contribution in [1.82, 2.24) is 20.2 Å². The van der Waals surface area contributed by atoms with Gasteiger partial charge in [0.15, 0.2) is 0 Å². The average molecular weight is 403 g/mol. The molecule has 8 nitrogen and oxygen atoms in total. The minimum Gasteiger partial charge on any atom is -0.462 e. The molecule has 2 heterocycles. The molecular weight excluding hydrogens is 386 g/mol. The van der Waals surface area contributed by atoms with Gasteiger partial charge in [-0.3, -0.25) is 4.79 Å². The van der Waals surface area contributed by atoms with Crippen molar-refractivity contribution in [2.75, 3.05) is 17.7 Å². The van der Waals surface area contributed by atoms with E-state index >= 15 is 0 Å². The number of thioether (sulfide) groups is 1. The molecule has 0 atom stereocenters. The third-order valence-corrected chi connectivity index (χ3v) is 5.28. The maximum Gasteiger partial charge on any atom is 0.341 e. The van der Waals surface area contributed by atoms with Crippen LogP contribution >= 0.6 is 23.1 Å². The lowest BCUT2D eigenvalue weighted by Gasteiger charge is -2.08. The summed E-state index contributed by atoms with van der Waals surface area (Å²) in [6.07, 6.45) is 0. The van der Waals surface area contributed by atoms with Crippen molar-refractivity contribution in [3.8, 4) is 5.69 Å². The quantitative estimate of drug-likeness (QED) is 0.478. The maximum absolute atomic E-state index is 12.3. The lowest BCUT2D eigenvalue weighted by atomic mass is 10.2. The Morgan fingerprint density at radius 3 is 2.89 bits per heavy atom. The third kappa shape index (κ3) is 4.52.